The molecule has 2 aliphatic heterocycles. The number of hydrogen-bond acceptors (Lipinski definition) is 9. The number of rotatable bonds is 22. The van der Waals surface area contributed by atoms with E-state index in [0.717, 1.165) is 33.4 Å². The van der Waals surface area contributed by atoms with Crippen molar-refractivity contribution in [1.82, 2.24) is 4.90 Å². The van der Waals surface area contributed by atoms with Gasteiger partial charge in [0.2, 0.25) is 6.29 Å². The second kappa shape index (κ2) is 25.8. The van der Waals surface area contributed by atoms with Crippen molar-refractivity contribution >= 4 is 6.09 Å². The van der Waals surface area contributed by atoms with E-state index in [1.54, 1.807) is 4.90 Å². The molecule has 1 amide bonds. The molecule has 2 heterocycles. The van der Waals surface area contributed by atoms with Crippen molar-refractivity contribution in [2.75, 3.05) is 19.8 Å². The van der Waals surface area contributed by atoms with Gasteiger partial charge in [0.1, 0.15) is 24.6 Å². The molecule has 0 N–H and O–H groups in total. The van der Waals surface area contributed by atoms with Crippen LogP contribution in [-0.2, 0) is 72.6 Å². The van der Waals surface area contributed by atoms with E-state index in [2.05, 4.69) is 64.1 Å². The third-order valence-electron chi connectivity index (χ3n) is 13.9. The lowest BCUT2D eigenvalue weighted by atomic mass is 9.79. The predicted octanol–water partition coefficient (Wildman–Crippen LogP) is 11.8. The Morgan fingerprint density at radius 3 is 1.51 bits per heavy atom. The summed E-state index contributed by atoms with van der Waals surface area (Å²) in [5, 5.41) is 0. The zero-order valence-electron chi connectivity index (χ0n) is 41.0. The number of benzene rings is 6. The summed E-state index contributed by atoms with van der Waals surface area (Å²) >= 11 is 0. The van der Waals surface area contributed by atoms with Crippen LogP contribution >= 0.6 is 0 Å². The molecule has 70 heavy (non-hydrogen) atoms. The van der Waals surface area contributed by atoms with Crippen molar-refractivity contribution < 1.29 is 42.7 Å². The van der Waals surface area contributed by atoms with Gasteiger partial charge in [-0.1, -0.05) is 191 Å². The lowest BCUT2D eigenvalue weighted by molar-refractivity contribution is -0.333. The van der Waals surface area contributed by atoms with E-state index in [9.17, 15) is 4.79 Å². The molecule has 0 bridgehead atoms. The summed E-state index contributed by atoms with van der Waals surface area (Å²) in [5.41, 5.74) is 6.25. The van der Waals surface area contributed by atoms with E-state index < -0.39 is 30.9 Å². The number of amides is 1. The average Bonchev–Trinajstić information content (AvgIpc) is 3.40. The van der Waals surface area contributed by atoms with Crippen molar-refractivity contribution in [3.8, 4) is 5.75 Å². The lowest BCUT2D eigenvalue weighted by Gasteiger charge is -2.49. The number of ether oxygens (including phenoxy) is 8. The Balaban J connectivity index is 0.981. The van der Waals surface area contributed by atoms with Crippen LogP contribution < -0.4 is 4.74 Å². The SMILES string of the molecule is CC1[C@@H](O[C@H]2C(COCc3ccccc3)O[C@@H](Oc3ccc(CCN(Cc4ccccc4)C(=O)OCc4ccccc4)cc3)C(OCc3ccccc3)[C@H]2C)OC(COCc2ccccc2)[C@H](C)[C@@H]1C. The zero-order chi connectivity index (χ0) is 48.5. The maximum absolute atomic E-state index is 13.5. The minimum absolute atomic E-state index is 0.0972. The zero-order valence-corrected chi connectivity index (χ0v) is 41.0. The summed E-state index contributed by atoms with van der Waals surface area (Å²) in [4.78, 5) is 15.2. The van der Waals surface area contributed by atoms with Crippen molar-refractivity contribution in [1.29, 1.82) is 0 Å². The van der Waals surface area contributed by atoms with E-state index in [1.165, 1.54) is 0 Å². The Morgan fingerprint density at radius 1 is 0.471 bits per heavy atom. The second-order valence-corrected chi connectivity index (χ2v) is 18.8. The molecule has 8 rings (SSSR count). The van der Waals surface area contributed by atoms with E-state index >= 15 is 0 Å². The van der Waals surface area contributed by atoms with Gasteiger partial charge >= 0.3 is 6.09 Å². The van der Waals surface area contributed by atoms with Crippen molar-refractivity contribution in [3.05, 3.63) is 209 Å². The first-order valence-electron chi connectivity index (χ1n) is 24.9. The average molecular weight is 948 g/mol. The maximum atomic E-state index is 13.5. The molecule has 0 radical (unpaired) electrons. The van der Waals surface area contributed by atoms with Gasteiger partial charge in [0.15, 0.2) is 6.29 Å². The van der Waals surface area contributed by atoms with Crippen LogP contribution in [0.15, 0.2) is 176 Å². The lowest BCUT2D eigenvalue weighted by Crippen LogP contribution is -2.60. The molecule has 0 aliphatic carbocycles. The summed E-state index contributed by atoms with van der Waals surface area (Å²) in [5.74, 6) is 1.09. The molecule has 2 saturated heterocycles. The standard InChI is InChI=1S/C60H69NO9/c1-43-44(2)54(41-63-37-49-22-12-6-13-23-49)68-58(45(43)3)70-56-46(4)57(65-39-51-26-16-8-17-27-51)59(69-55(56)42-64-38-50-24-14-7-15-25-50)67-53-32-30-47(31-33-53)34-35-61(36-48-20-10-5-11-21-48)60(62)66-40-52-28-18-9-19-29-52/h5-33,43-46,54-59H,34-42H2,1-4H3/t43-,44+,45?,46-,54?,55?,56+,57?,58+,59+/m0/s1. The number of hydrogen-bond donors (Lipinski definition) is 0. The van der Waals surface area contributed by atoms with Crippen LogP contribution in [0.25, 0.3) is 0 Å². The molecule has 0 saturated carbocycles. The number of nitrogens with zero attached hydrogens (tertiary/aromatic N) is 1. The highest BCUT2D eigenvalue weighted by atomic mass is 16.7. The van der Waals surface area contributed by atoms with Gasteiger partial charge in [0.25, 0.3) is 0 Å². The first-order valence-corrected chi connectivity index (χ1v) is 24.9. The van der Waals surface area contributed by atoms with Gasteiger partial charge in [-0.3, -0.25) is 0 Å². The van der Waals surface area contributed by atoms with Crippen molar-refractivity contribution in [3.63, 3.8) is 0 Å². The molecular formula is C60H69NO9. The highest BCUT2D eigenvalue weighted by molar-refractivity contribution is 5.67. The predicted molar refractivity (Wildman–Crippen MR) is 270 cm³/mol. The van der Waals surface area contributed by atoms with Crippen molar-refractivity contribution in [2.45, 2.75) is 104 Å². The quantitative estimate of drug-likeness (QED) is 0.0659. The van der Waals surface area contributed by atoms with Gasteiger partial charge in [-0.25, -0.2) is 4.79 Å². The van der Waals surface area contributed by atoms with Crippen LogP contribution in [0.3, 0.4) is 0 Å². The van der Waals surface area contributed by atoms with Crippen LogP contribution in [-0.4, -0.2) is 67.7 Å². The van der Waals surface area contributed by atoms with E-state index in [4.69, 9.17) is 37.9 Å². The highest BCUT2D eigenvalue weighted by Gasteiger charge is 2.50. The molecule has 4 unspecified atom stereocenters. The fraction of sp³-hybridized carbons (Fsp3) is 0.383. The number of carbonyl (C=O) groups is 1. The third-order valence-corrected chi connectivity index (χ3v) is 13.9. The molecule has 10 heteroatoms. The third kappa shape index (κ3) is 14.4. The van der Waals surface area contributed by atoms with E-state index in [1.807, 2.05) is 140 Å². The molecule has 0 spiro atoms. The Morgan fingerprint density at radius 2 is 0.957 bits per heavy atom. The van der Waals surface area contributed by atoms with Crippen LogP contribution in [0, 0.1) is 23.7 Å². The molecule has 2 fully saturated rings. The summed E-state index contributed by atoms with van der Waals surface area (Å²) in [6, 6.07) is 58.2. The van der Waals surface area contributed by atoms with Gasteiger partial charge in [-0.2, -0.15) is 0 Å². The molecule has 6 aromatic carbocycles. The van der Waals surface area contributed by atoms with Gasteiger partial charge in [0, 0.05) is 24.9 Å². The fourth-order valence-electron chi connectivity index (χ4n) is 9.24. The normalized spacial score (nSPS) is 24.4. The summed E-state index contributed by atoms with van der Waals surface area (Å²) < 4.78 is 53.1. The summed E-state index contributed by atoms with van der Waals surface area (Å²) in [7, 11) is 0. The first kappa shape index (κ1) is 50.5. The van der Waals surface area contributed by atoms with Crippen LogP contribution in [0.4, 0.5) is 4.79 Å². The van der Waals surface area contributed by atoms with Crippen molar-refractivity contribution in [2.24, 2.45) is 23.7 Å². The topological polar surface area (TPSA) is 94.2 Å². The minimum atomic E-state index is -0.793. The Labute approximate surface area is 414 Å². The molecule has 0 aromatic heterocycles. The highest BCUT2D eigenvalue weighted by Crippen LogP contribution is 2.40. The Bertz CT molecular complexity index is 2410. The van der Waals surface area contributed by atoms with E-state index in [-0.39, 0.29) is 43.2 Å². The molecule has 10 atom stereocenters. The Kier molecular flexibility index (Phi) is 18.7. The van der Waals surface area contributed by atoms with Gasteiger partial charge in [-0.15, -0.1) is 0 Å². The Hall–Kier alpha value is -5.85. The maximum Gasteiger partial charge on any atom is 0.410 e. The fourth-order valence-corrected chi connectivity index (χ4v) is 9.24. The van der Waals surface area contributed by atoms with Crippen LogP contribution in [0.1, 0.15) is 61.1 Å². The smallest absolute Gasteiger partial charge is 0.410 e. The molecule has 6 aromatic rings. The van der Waals surface area contributed by atoms with E-state index in [0.29, 0.717) is 57.6 Å². The molecule has 10 nitrogen and oxygen atoms in total. The van der Waals surface area contributed by atoms with Gasteiger partial charge in [0.05, 0.1) is 45.2 Å². The molecule has 368 valence electrons. The monoisotopic (exact) mass is 947 g/mol. The summed E-state index contributed by atoms with van der Waals surface area (Å²) in [6.07, 6.45) is -2.71. The molecule has 2 aliphatic rings. The van der Waals surface area contributed by atoms with Gasteiger partial charge < -0.3 is 42.8 Å². The van der Waals surface area contributed by atoms with Crippen LogP contribution in [0.5, 0.6) is 5.75 Å². The van der Waals surface area contributed by atoms with Crippen LogP contribution in [0.2, 0.25) is 0 Å². The summed E-state index contributed by atoms with van der Waals surface area (Å²) in [6.45, 7) is 12.0. The van der Waals surface area contributed by atoms with Gasteiger partial charge in [-0.05, 0) is 63.8 Å². The minimum Gasteiger partial charge on any atom is -0.462 e. The largest absolute Gasteiger partial charge is 0.462 e. The first-order chi connectivity index (χ1) is 34.3. The number of carbonyl (C=O) groups excluding carboxylic acids is 1. The molecular weight excluding hydrogens is 879 g/mol. The second-order valence-electron chi connectivity index (χ2n) is 18.8.